The van der Waals surface area contributed by atoms with Crippen molar-refractivity contribution in [2.45, 2.75) is 26.8 Å². The maximum Gasteiger partial charge on any atom is 0.421 e. The summed E-state index contributed by atoms with van der Waals surface area (Å²) in [5, 5.41) is 9.06. The zero-order valence-corrected chi connectivity index (χ0v) is 15.4. The lowest BCUT2D eigenvalue weighted by Crippen LogP contribution is -2.46. The highest BCUT2D eigenvalue weighted by Crippen LogP contribution is 2.24. The molecule has 5 heteroatoms. The predicted molar refractivity (Wildman–Crippen MR) is 99.5 cm³/mol. The van der Waals surface area contributed by atoms with Crippen LogP contribution >= 0.6 is 0 Å². The second kappa shape index (κ2) is 8.66. The van der Waals surface area contributed by atoms with Gasteiger partial charge in [0.1, 0.15) is 0 Å². The highest BCUT2D eigenvalue weighted by atomic mass is 28.4. The van der Waals surface area contributed by atoms with E-state index in [9.17, 15) is 0 Å². The standard InChI is InChI=1S/C19H23FN2OSi/c1-4-6-14-24(20,23-5-2)19-15-16(3)12-13-18(19)22-21-17-10-8-7-9-11-17/h4,6-13,15H,5,14H2,1-3H3/b6-4+,22-21?/t24-/m1/s1. The van der Waals surface area contributed by atoms with Crippen molar-refractivity contribution in [2.75, 3.05) is 6.61 Å². The van der Waals surface area contributed by atoms with Crippen molar-refractivity contribution in [1.82, 2.24) is 0 Å². The van der Waals surface area contributed by atoms with Gasteiger partial charge in [0.25, 0.3) is 0 Å². The summed E-state index contributed by atoms with van der Waals surface area (Å²) in [6.45, 7) is 5.98. The van der Waals surface area contributed by atoms with Gasteiger partial charge in [0.15, 0.2) is 0 Å². The number of aryl methyl sites for hydroxylation is 1. The fourth-order valence-corrected chi connectivity index (χ4v) is 4.84. The van der Waals surface area contributed by atoms with Crippen LogP contribution in [-0.4, -0.2) is 15.3 Å². The van der Waals surface area contributed by atoms with E-state index in [0.29, 0.717) is 17.5 Å². The summed E-state index contributed by atoms with van der Waals surface area (Å²) in [6.07, 6.45) is 3.67. The average Bonchev–Trinajstić information content (AvgIpc) is 2.60. The molecule has 126 valence electrons. The molecule has 3 nitrogen and oxygen atoms in total. The molecule has 1 atom stereocenters. The summed E-state index contributed by atoms with van der Waals surface area (Å²) in [7, 11) is -3.60. The molecule has 0 aliphatic rings. The first kappa shape index (κ1) is 18.2. The zero-order valence-electron chi connectivity index (χ0n) is 14.4. The van der Waals surface area contributed by atoms with Gasteiger partial charge in [0.2, 0.25) is 0 Å². The fourth-order valence-electron chi connectivity index (χ4n) is 2.39. The molecule has 2 rings (SSSR count). The Labute approximate surface area is 144 Å². The number of hydrogen-bond acceptors (Lipinski definition) is 3. The van der Waals surface area contributed by atoms with Crippen LogP contribution in [0.1, 0.15) is 19.4 Å². The maximum atomic E-state index is 15.6. The third-order valence-electron chi connectivity index (χ3n) is 3.57. The molecule has 0 saturated heterocycles. The first-order chi connectivity index (χ1) is 11.6. The number of nitrogens with zero attached hydrogens (tertiary/aromatic N) is 2. The Morgan fingerprint density at radius 2 is 1.88 bits per heavy atom. The van der Waals surface area contributed by atoms with Crippen molar-refractivity contribution in [1.29, 1.82) is 0 Å². The molecular formula is C19H23FN2OSi. The van der Waals surface area contributed by atoms with E-state index in [2.05, 4.69) is 10.2 Å². The van der Waals surface area contributed by atoms with Crippen LogP contribution in [0.25, 0.3) is 0 Å². The molecule has 0 unspecified atom stereocenters. The van der Waals surface area contributed by atoms with E-state index < -0.39 is 8.65 Å². The first-order valence-corrected chi connectivity index (χ1v) is 10.1. The molecule has 0 aliphatic heterocycles. The van der Waals surface area contributed by atoms with Crippen molar-refractivity contribution in [3.8, 4) is 0 Å². The minimum Gasteiger partial charge on any atom is -0.388 e. The molecule has 0 saturated carbocycles. The van der Waals surface area contributed by atoms with Crippen LogP contribution in [-0.2, 0) is 4.43 Å². The zero-order chi connectivity index (χ0) is 17.4. The Morgan fingerprint density at radius 3 is 2.54 bits per heavy atom. The number of hydrogen-bond donors (Lipinski definition) is 0. The Kier molecular flexibility index (Phi) is 6.58. The third-order valence-corrected chi connectivity index (χ3v) is 6.28. The number of allylic oxidation sites excluding steroid dienone is 2. The largest absolute Gasteiger partial charge is 0.421 e. The minimum atomic E-state index is -3.60. The second-order valence-electron chi connectivity index (χ2n) is 5.49. The highest BCUT2D eigenvalue weighted by molar-refractivity contribution is 6.82. The Balaban J connectivity index is 2.44. The van der Waals surface area contributed by atoms with Crippen molar-refractivity contribution < 1.29 is 8.53 Å². The maximum absolute atomic E-state index is 15.6. The summed E-state index contributed by atoms with van der Waals surface area (Å²) in [4.78, 5) is 0. The van der Waals surface area contributed by atoms with Gasteiger partial charge in [-0.3, -0.25) is 4.11 Å². The van der Waals surface area contributed by atoms with Crippen LogP contribution in [0.15, 0.2) is 70.9 Å². The van der Waals surface area contributed by atoms with Crippen molar-refractivity contribution in [2.24, 2.45) is 10.2 Å². The lowest BCUT2D eigenvalue weighted by atomic mass is 10.2. The van der Waals surface area contributed by atoms with Gasteiger partial charge in [-0.2, -0.15) is 10.2 Å². The van der Waals surface area contributed by atoms with E-state index in [4.69, 9.17) is 4.43 Å². The molecule has 0 amide bonds. The van der Waals surface area contributed by atoms with Gasteiger partial charge in [-0.05, 0) is 39.0 Å². The lowest BCUT2D eigenvalue weighted by molar-refractivity contribution is 0.296. The summed E-state index contributed by atoms with van der Waals surface area (Å²) < 4.78 is 21.2. The molecule has 24 heavy (non-hydrogen) atoms. The summed E-state index contributed by atoms with van der Waals surface area (Å²) in [5.41, 5.74) is 2.26. The molecule has 0 fully saturated rings. The normalized spacial score (nSPS) is 14.3. The van der Waals surface area contributed by atoms with Gasteiger partial charge in [0, 0.05) is 17.8 Å². The quantitative estimate of drug-likeness (QED) is 0.277. The molecular weight excluding hydrogens is 319 g/mol. The van der Waals surface area contributed by atoms with E-state index in [1.54, 1.807) is 0 Å². The number of benzene rings is 2. The minimum absolute atomic E-state index is 0.272. The molecule has 2 aromatic rings. The van der Waals surface area contributed by atoms with Gasteiger partial charge >= 0.3 is 8.65 Å². The van der Waals surface area contributed by atoms with Gasteiger partial charge in [0.05, 0.1) is 11.4 Å². The molecule has 0 bridgehead atoms. The number of halogens is 1. The predicted octanol–water partition coefficient (Wildman–Crippen LogP) is 5.64. The van der Waals surface area contributed by atoms with Crippen LogP contribution in [0.5, 0.6) is 0 Å². The van der Waals surface area contributed by atoms with Crippen molar-refractivity contribution in [3.63, 3.8) is 0 Å². The lowest BCUT2D eigenvalue weighted by Gasteiger charge is -2.22. The van der Waals surface area contributed by atoms with Crippen LogP contribution in [0.4, 0.5) is 15.5 Å². The highest BCUT2D eigenvalue weighted by Gasteiger charge is 2.40. The topological polar surface area (TPSA) is 34.0 Å². The van der Waals surface area contributed by atoms with E-state index >= 15 is 4.11 Å². The molecule has 0 aliphatic carbocycles. The first-order valence-electron chi connectivity index (χ1n) is 8.11. The summed E-state index contributed by atoms with van der Waals surface area (Å²) >= 11 is 0. The summed E-state index contributed by atoms with van der Waals surface area (Å²) in [6, 6.07) is 15.3. The molecule has 0 heterocycles. The van der Waals surface area contributed by atoms with Crippen LogP contribution in [0.2, 0.25) is 6.04 Å². The third kappa shape index (κ3) is 4.69. The SMILES string of the molecule is C/C=C/C[Si@@](F)(OCC)c1cc(C)ccc1N=Nc1ccccc1. The van der Waals surface area contributed by atoms with Gasteiger partial charge in [-0.15, -0.1) is 0 Å². The van der Waals surface area contributed by atoms with Crippen LogP contribution in [0, 0.1) is 6.92 Å². The smallest absolute Gasteiger partial charge is 0.388 e. The van der Waals surface area contributed by atoms with E-state index in [1.807, 2.05) is 81.5 Å². The summed E-state index contributed by atoms with van der Waals surface area (Å²) in [5.74, 6) is 0. The van der Waals surface area contributed by atoms with Crippen LogP contribution in [0.3, 0.4) is 0 Å². The number of rotatable bonds is 7. The van der Waals surface area contributed by atoms with Crippen molar-refractivity contribution >= 4 is 25.2 Å². The van der Waals surface area contributed by atoms with Gasteiger partial charge < -0.3 is 4.43 Å². The molecule has 0 spiro atoms. The van der Waals surface area contributed by atoms with Crippen molar-refractivity contribution in [3.05, 3.63) is 66.2 Å². The Hall–Kier alpha value is -2.11. The average molecular weight is 342 g/mol. The van der Waals surface area contributed by atoms with Gasteiger partial charge in [-0.1, -0.05) is 48.0 Å². The van der Waals surface area contributed by atoms with E-state index in [1.165, 1.54) is 0 Å². The van der Waals surface area contributed by atoms with E-state index in [0.717, 1.165) is 11.3 Å². The number of azo groups is 1. The monoisotopic (exact) mass is 342 g/mol. The fraction of sp³-hybridized carbons (Fsp3) is 0.263. The van der Waals surface area contributed by atoms with E-state index in [-0.39, 0.29) is 6.04 Å². The second-order valence-corrected chi connectivity index (χ2v) is 8.18. The molecule has 2 aromatic carbocycles. The Bertz CT molecular complexity index is 719. The van der Waals surface area contributed by atoms with Gasteiger partial charge in [-0.25, -0.2) is 0 Å². The van der Waals surface area contributed by atoms with Crippen LogP contribution < -0.4 is 5.19 Å². The molecule has 0 aromatic heterocycles. The Morgan fingerprint density at radius 1 is 1.12 bits per heavy atom. The molecule has 0 N–H and O–H groups in total. The molecule has 0 radical (unpaired) electrons.